The van der Waals surface area contributed by atoms with Gasteiger partial charge in [0, 0.05) is 32.8 Å². The number of amides is 1. The SMILES string of the molecule is O=NN([O-])N1CCN(C(=O)C2CCCO2)CC1.[Na+]. The average Bonchev–Trinajstić information content (AvgIpc) is 2.91. The van der Waals surface area contributed by atoms with Gasteiger partial charge in [-0.3, -0.25) is 10.1 Å². The molecule has 1 unspecified atom stereocenters. The van der Waals surface area contributed by atoms with Gasteiger partial charge in [-0.15, -0.1) is 4.91 Å². The van der Waals surface area contributed by atoms with Crippen molar-refractivity contribution < 1.29 is 39.1 Å². The van der Waals surface area contributed by atoms with Crippen LogP contribution in [0.1, 0.15) is 12.8 Å². The molecule has 0 radical (unpaired) electrons. The number of hydrogen-bond donors (Lipinski definition) is 0. The molecule has 18 heavy (non-hydrogen) atoms. The van der Waals surface area contributed by atoms with Crippen molar-refractivity contribution in [3.63, 3.8) is 0 Å². The second-order valence-electron chi connectivity index (χ2n) is 4.12. The van der Waals surface area contributed by atoms with Gasteiger partial charge in [0.1, 0.15) is 6.10 Å². The van der Waals surface area contributed by atoms with E-state index in [1.807, 2.05) is 0 Å². The van der Waals surface area contributed by atoms with E-state index in [0.717, 1.165) is 12.8 Å². The van der Waals surface area contributed by atoms with Gasteiger partial charge >= 0.3 is 29.6 Å². The Balaban J connectivity index is 0.00000162. The summed E-state index contributed by atoms with van der Waals surface area (Å²) in [5, 5.41) is 14.5. The van der Waals surface area contributed by atoms with E-state index in [1.165, 1.54) is 5.01 Å². The number of hydrogen-bond acceptors (Lipinski definition) is 6. The molecule has 0 spiro atoms. The maximum atomic E-state index is 12.0. The Bertz CT molecular complexity index is 292. The van der Waals surface area contributed by atoms with Crippen LogP contribution < -0.4 is 29.6 Å². The summed E-state index contributed by atoms with van der Waals surface area (Å²) in [4.78, 5) is 23.7. The monoisotopic (exact) mass is 266 g/mol. The van der Waals surface area contributed by atoms with Crippen molar-refractivity contribution in [2.24, 2.45) is 5.29 Å². The van der Waals surface area contributed by atoms with E-state index in [1.54, 1.807) is 4.90 Å². The van der Waals surface area contributed by atoms with E-state index in [0.29, 0.717) is 32.8 Å². The fraction of sp³-hybridized carbons (Fsp3) is 0.889. The molecule has 2 heterocycles. The molecule has 2 fully saturated rings. The third-order valence-electron chi connectivity index (χ3n) is 3.08. The minimum Gasteiger partial charge on any atom is -0.724 e. The molecule has 2 aliphatic rings. The first-order valence-corrected chi connectivity index (χ1v) is 5.68. The molecule has 2 saturated heterocycles. The Morgan fingerprint density at radius 3 is 2.50 bits per heavy atom. The number of carbonyl (C=O) groups is 1. The molecule has 0 saturated carbocycles. The molecular formula is C9H15N4NaO4. The second kappa shape index (κ2) is 7.37. The van der Waals surface area contributed by atoms with Crippen LogP contribution in [0.5, 0.6) is 0 Å². The number of carbonyl (C=O) groups excluding carboxylic acids is 1. The minimum absolute atomic E-state index is 0. The van der Waals surface area contributed by atoms with E-state index in [4.69, 9.17) is 4.74 Å². The molecule has 0 aromatic rings. The summed E-state index contributed by atoms with van der Waals surface area (Å²) in [6.45, 7) is 2.14. The van der Waals surface area contributed by atoms with Gasteiger partial charge in [0.15, 0.2) is 0 Å². The topological polar surface area (TPSA) is 88.5 Å². The fourth-order valence-electron chi connectivity index (χ4n) is 2.12. The summed E-state index contributed by atoms with van der Waals surface area (Å²) in [7, 11) is 0. The Kier molecular flexibility index (Phi) is 6.47. The van der Waals surface area contributed by atoms with E-state index >= 15 is 0 Å². The summed E-state index contributed by atoms with van der Waals surface area (Å²) in [5.41, 5.74) is 0. The van der Waals surface area contributed by atoms with Crippen LogP contribution in [0, 0.1) is 10.1 Å². The van der Waals surface area contributed by atoms with Crippen LogP contribution in [0.25, 0.3) is 0 Å². The predicted octanol–water partition coefficient (Wildman–Crippen LogP) is -3.29. The molecule has 2 aliphatic heterocycles. The molecule has 96 valence electrons. The number of rotatable bonds is 3. The second-order valence-corrected chi connectivity index (χ2v) is 4.12. The van der Waals surface area contributed by atoms with Crippen molar-refractivity contribution in [1.82, 2.24) is 15.2 Å². The zero-order chi connectivity index (χ0) is 12.3. The third kappa shape index (κ3) is 3.62. The molecule has 0 aromatic carbocycles. The van der Waals surface area contributed by atoms with Gasteiger partial charge in [-0.2, -0.15) is 0 Å². The van der Waals surface area contributed by atoms with Crippen LogP contribution >= 0.6 is 0 Å². The van der Waals surface area contributed by atoms with E-state index in [2.05, 4.69) is 5.29 Å². The summed E-state index contributed by atoms with van der Waals surface area (Å²) >= 11 is 0. The minimum atomic E-state index is -0.325. The van der Waals surface area contributed by atoms with Crippen LogP contribution in [0.4, 0.5) is 0 Å². The van der Waals surface area contributed by atoms with Crippen LogP contribution in [-0.2, 0) is 9.53 Å². The van der Waals surface area contributed by atoms with Gasteiger partial charge in [-0.1, -0.05) is 0 Å². The predicted molar refractivity (Wildman–Crippen MR) is 58.1 cm³/mol. The fourth-order valence-corrected chi connectivity index (χ4v) is 2.12. The number of piperazine rings is 1. The van der Waals surface area contributed by atoms with E-state index in [9.17, 15) is 14.9 Å². The zero-order valence-corrected chi connectivity index (χ0v) is 12.4. The summed E-state index contributed by atoms with van der Waals surface area (Å²) in [6.07, 6.45) is 1.36. The zero-order valence-electron chi connectivity index (χ0n) is 10.4. The molecule has 0 bridgehead atoms. The summed E-state index contributed by atoms with van der Waals surface area (Å²) in [6, 6.07) is 0. The normalized spacial score (nSPS) is 24.5. The standard InChI is InChI=1S/C9H15N4O4.Na/c14-9(8-2-1-7-17-8)11-3-5-12(6-4-11)13(16)10-15;/h8H,1-7H2;/q-1;+1. The van der Waals surface area contributed by atoms with Gasteiger partial charge in [0.2, 0.25) is 0 Å². The maximum absolute atomic E-state index is 12.0. The first kappa shape index (κ1) is 15.8. The molecule has 0 aromatic heterocycles. The molecule has 0 aliphatic carbocycles. The smallest absolute Gasteiger partial charge is 0.724 e. The van der Waals surface area contributed by atoms with Crippen molar-refractivity contribution in [2.45, 2.75) is 18.9 Å². The Morgan fingerprint density at radius 2 is 2.00 bits per heavy atom. The molecular weight excluding hydrogens is 251 g/mol. The number of nitroso groups, excluding NO2 is 1. The molecule has 9 heteroatoms. The summed E-state index contributed by atoms with van der Waals surface area (Å²) in [5.74, 6) is -0.0151. The maximum Gasteiger partial charge on any atom is 1.00 e. The number of ether oxygens (including phenoxy) is 1. The quantitative estimate of drug-likeness (QED) is 0.302. The summed E-state index contributed by atoms with van der Waals surface area (Å²) < 4.78 is 5.32. The van der Waals surface area contributed by atoms with Crippen LogP contribution in [-0.4, -0.2) is 60.0 Å². The first-order valence-electron chi connectivity index (χ1n) is 5.68. The van der Waals surface area contributed by atoms with Crippen LogP contribution in [0.3, 0.4) is 0 Å². The van der Waals surface area contributed by atoms with Crippen LogP contribution in [0.2, 0.25) is 0 Å². The number of nitrogens with zero attached hydrogens (tertiary/aromatic N) is 4. The van der Waals surface area contributed by atoms with Gasteiger partial charge < -0.3 is 14.8 Å². The van der Waals surface area contributed by atoms with Crippen molar-refractivity contribution >= 4 is 5.91 Å². The largest absolute Gasteiger partial charge is 1.00 e. The van der Waals surface area contributed by atoms with E-state index in [-0.39, 0.29) is 46.8 Å². The van der Waals surface area contributed by atoms with Gasteiger partial charge in [-0.05, 0) is 12.8 Å². The Hall–Kier alpha value is -0.250. The van der Waals surface area contributed by atoms with E-state index < -0.39 is 0 Å². The Morgan fingerprint density at radius 1 is 1.33 bits per heavy atom. The van der Waals surface area contributed by atoms with Crippen molar-refractivity contribution in [1.29, 1.82) is 0 Å². The average molecular weight is 266 g/mol. The number of hydrazine groups is 1. The first-order chi connectivity index (χ1) is 8.22. The van der Waals surface area contributed by atoms with Gasteiger partial charge in [0.05, 0.1) is 5.29 Å². The Labute approximate surface area is 127 Å². The molecule has 8 nitrogen and oxygen atoms in total. The van der Waals surface area contributed by atoms with Crippen LogP contribution in [0.15, 0.2) is 5.29 Å². The third-order valence-corrected chi connectivity index (χ3v) is 3.08. The molecule has 1 amide bonds. The van der Waals surface area contributed by atoms with Gasteiger partial charge in [0.25, 0.3) is 5.91 Å². The van der Waals surface area contributed by atoms with Crippen molar-refractivity contribution in [2.75, 3.05) is 32.8 Å². The van der Waals surface area contributed by atoms with Crippen molar-refractivity contribution in [3.05, 3.63) is 10.1 Å². The molecule has 1 atom stereocenters. The molecule has 0 N–H and O–H groups in total. The van der Waals surface area contributed by atoms with Gasteiger partial charge in [-0.25, -0.2) is 5.01 Å². The van der Waals surface area contributed by atoms with Crippen molar-refractivity contribution in [3.8, 4) is 0 Å². The molecule has 2 rings (SSSR count).